The Bertz CT molecular complexity index is 656. The zero-order valence-corrected chi connectivity index (χ0v) is 14.0. The van der Waals surface area contributed by atoms with E-state index < -0.39 is 0 Å². The number of benzene rings is 1. The minimum atomic E-state index is -0.226. The summed E-state index contributed by atoms with van der Waals surface area (Å²) >= 11 is 9.36. The summed E-state index contributed by atoms with van der Waals surface area (Å²) in [6, 6.07) is 8.94. The molecule has 1 aromatic carbocycles. The highest BCUT2D eigenvalue weighted by atomic mass is 79.9. The van der Waals surface area contributed by atoms with Crippen LogP contribution in [0.2, 0.25) is 5.15 Å². The number of carbonyl (C=O) groups excluding carboxylic acids is 1. The van der Waals surface area contributed by atoms with Crippen LogP contribution in [0.1, 0.15) is 22.8 Å². The first-order valence-electron chi connectivity index (χ1n) is 6.48. The lowest BCUT2D eigenvalue weighted by Crippen LogP contribution is -2.13. The molecule has 0 atom stereocenters. The molecule has 0 saturated heterocycles. The minimum Gasteiger partial charge on any atom is -0.370 e. The maximum absolute atomic E-state index is 12.3. The molecule has 1 aromatic heterocycles. The lowest BCUT2D eigenvalue weighted by molar-refractivity contribution is 0.102. The van der Waals surface area contributed by atoms with Crippen LogP contribution in [0, 0.1) is 6.92 Å². The Hall–Kier alpha value is -1.59. The fraction of sp³-hybridized carbons (Fsp3) is 0.200. The van der Waals surface area contributed by atoms with Gasteiger partial charge in [0.1, 0.15) is 11.0 Å². The van der Waals surface area contributed by atoms with Gasteiger partial charge >= 0.3 is 0 Å². The second-order valence-corrected chi connectivity index (χ2v) is 5.87. The van der Waals surface area contributed by atoms with Crippen LogP contribution in [0.15, 0.2) is 34.8 Å². The standard InChI is InChI=1S/C15H15BrClN3O/c1-3-18-14-7-10(6-13(17)20-14)15(21)19-12-5-9(2)4-11(16)8-12/h4-8H,3H2,1-2H3,(H,18,20)(H,19,21). The number of rotatable bonds is 4. The SMILES string of the molecule is CCNc1cc(C(=O)Nc2cc(C)cc(Br)c2)cc(Cl)n1. The van der Waals surface area contributed by atoms with E-state index in [0.29, 0.717) is 17.9 Å². The summed E-state index contributed by atoms with van der Waals surface area (Å²) in [5.41, 5.74) is 2.24. The number of anilines is 2. The third-order valence-corrected chi connectivity index (χ3v) is 3.37. The van der Waals surface area contributed by atoms with E-state index in [-0.39, 0.29) is 11.1 Å². The largest absolute Gasteiger partial charge is 0.370 e. The summed E-state index contributed by atoms with van der Waals surface area (Å²) in [5.74, 6) is 0.358. The van der Waals surface area contributed by atoms with Gasteiger partial charge in [0.25, 0.3) is 5.91 Å². The Balaban J connectivity index is 2.23. The average molecular weight is 369 g/mol. The van der Waals surface area contributed by atoms with Gasteiger partial charge in [-0.2, -0.15) is 0 Å². The quantitative estimate of drug-likeness (QED) is 0.782. The van der Waals surface area contributed by atoms with E-state index >= 15 is 0 Å². The zero-order valence-electron chi connectivity index (χ0n) is 11.7. The van der Waals surface area contributed by atoms with E-state index in [4.69, 9.17) is 11.6 Å². The summed E-state index contributed by atoms with van der Waals surface area (Å²) in [4.78, 5) is 16.4. The third kappa shape index (κ3) is 4.44. The Morgan fingerprint density at radius 2 is 2.05 bits per heavy atom. The smallest absolute Gasteiger partial charge is 0.255 e. The fourth-order valence-corrected chi connectivity index (χ4v) is 2.73. The van der Waals surface area contributed by atoms with Gasteiger partial charge in [-0.05, 0) is 49.7 Å². The summed E-state index contributed by atoms with van der Waals surface area (Å²) in [6.45, 7) is 4.62. The molecule has 2 N–H and O–H groups in total. The van der Waals surface area contributed by atoms with E-state index in [2.05, 4.69) is 31.5 Å². The van der Waals surface area contributed by atoms with Gasteiger partial charge in [0.05, 0.1) is 0 Å². The number of hydrogen-bond acceptors (Lipinski definition) is 3. The Kier molecular flexibility index (Phi) is 5.20. The van der Waals surface area contributed by atoms with Gasteiger partial charge in [0.2, 0.25) is 0 Å². The summed E-state index contributed by atoms with van der Waals surface area (Å²) in [7, 11) is 0. The molecule has 0 saturated carbocycles. The van der Waals surface area contributed by atoms with Gasteiger partial charge in [0.15, 0.2) is 0 Å². The van der Waals surface area contributed by atoms with Crippen molar-refractivity contribution in [1.29, 1.82) is 0 Å². The van der Waals surface area contributed by atoms with Crippen molar-refractivity contribution in [2.45, 2.75) is 13.8 Å². The van der Waals surface area contributed by atoms with Gasteiger partial charge in [-0.25, -0.2) is 4.98 Å². The highest BCUT2D eigenvalue weighted by molar-refractivity contribution is 9.10. The van der Waals surface area contributed by atoms with Crippen molar-refractivity contribution in [1.82, 2.24) is 4.98 Å². The van der Waals surface area contributed by atoms with Crippen LogP contribution in [0.3, 0.4) is 0 Å². The Morgan fingerprint density at radius 3 is 2.71 bits per heavy atom. The van der Waals surface area contributed by atoms with Crippen molar-refractivity contribution >= 4 is 44.9 Å². The summed E-state index contributed by atoms with van der Waals surface area (Å²) in [5, 5.41) is 6.18. The van der Waals surface area contributed by atoms with E-state index in [9.17, 15) is 4.79 Å². The molecular weight excluding hydrogens is 354 g/mol. The number of nitrogens with one attached hydrogen (secondary N) is 2. The number of aromatic nitrogens is 1. The van der Waals surface area contributed by atoms with Gasteiger partial charge in [-0.15, -0.1) is 0 Å². The Morgan fingerprint density at radius 1 is 1.29 bits per heavy atom. The molecule has 0 fully saturated rings. The first-order valence-corrected chi connectivity index (χ1v) is 7.65. The number of carbonyl (C=O) groups is 1. The number of amides is 1. The van der Waals surface area contributed by atoms with Gasteiger partial charge < -0.3 is 10.6 Å². The predicted octanol–water partition coefficient (Wildman–Crippen LogP) is 4.49. The topological polar surface area (TPSA) is 54.0 Å². The van der Waals surface area contributed by atoms with Crippen molar-refractivity contribution in [2.24, 2.45) is 0 Å². The Labute approximate surface area is 137 Å². The third-order valence-electron chi connectivity index (χ3n) is 2.71. The van der Waals surface area contributed by atoms with Crippen LogP contribution >= 0.6 is 27.5 Å². The van der Waals surface area contributed by atoms with E-state index in [1.54, 1.807) is 12.1 Å². The van der Waals surface area contributed by atoms with Crippen LogP contribution in [0.25, 0.3) is 0 Å². The van der Waals surface area contributed by atoms with Crippen LogP contribution < -0.4 is 10.6 Å². The lowest BCUT2D eigenvalue weighted by atomic mass is 10.2. The molecule has 2 rings (SSSR count). The van der Waals surface area contributed by atoms with Crippen LogP contribution in [-0.4, -0.2) is 17.4 Å². The van der Waals surface area contributed by atoms with Crippen LogP contribution in [0.4, 0.5) is 11.5 Å². The molecule has 0 aliphatic carbocycles. The molecule has 0 aliphatic heterocycles. The number of pyridine rings is 1. The first kappa shape index (κ1) is 15.8. The molecular formula is C15H15BrClN3O. The predicted molar refractivity (Wildman–Crippen MR) is 90.2 cm³/mol. The molecule has 0 aliphatic rings. The molecule has 0 unspecified atom stereocenters. The normalized spacial score (nSPS) is 10.3. The molecule has 21 heavy (non-hydrogen) atoms. The molecule has 2 aromatic rings. The van der Waals surface area contributed by atoms with Crippen molar-refractivity contribution in [3.8, 4) is 0 Å². The second kappa shape index (κ2) is 6.91. The monoisotopic (exact) mass is 367 g/mol. The minimum absolute atomic E-state index is 0.226. The molecule has 4 nitrogen and oxygen atoms in total. The fourth-order valence-electron chi connectivity index (χ4n) is 1.91. The molecule has 1 amide bonds. The number of halogens is 2. The number of nitrogens with zero attached hydrogens (tertiary/aromatic N) is 1. The van der Waals surface area contributed by atoms with E-state index in [0.717, 1.165) is 15.7 Å². The molecule has 0 radical (unpaired) electrons. The van der Waals surface area contributed by atoms with Crippen LogP contribution in [0.5, 0.6) is 0 Å². The van der Waals surface area contributed by atoms with E-state index in [1.807, 2.05) is 32.0 Å². The number of hydrogen-bond donors (Lipinski definition) is 2. The van der Waals surface area contributed by atoms with Crippen molar-refractivity contribution < 1.29 is 4.79 Å². The van der Waals surface area contributed by atoms with E-state index in [1.165, 1.54) is 0 Å². The lowest BCUT2D eigenvalue weighted by Gasteiger charge is -2.09. The summed E-state index contributed by atoms with van der Waals surface area (Å²) in [6.07, 6.45) is 0. The summed E-state index contributed by atoms with van der Waals surface area (Å²) < 4.78 is 0.916. The maximum Gasteiger partial charge on any atom is 0.255 e. The molecule has 110 valence electrons. The average Bonchev–Trinajstić information content (AvgIpc) is 2.37. The van der Waals surface area contributed by atoms with Gasteiger partial charge in [0, 0.05) is 22.3 Å². The van der Waals surface area contributed by atoms with Crippen molar-refractivity contribution in [3.05, 3.63) is 51.1 Å². The highest BCUT2D eigenvalue weighted by Crippen LogP contribution is 2.21. The molecule has 0 spiro atoms. The van der Waals surface area contributed by atoms with Gasteiger partial charge in [-0.1, -0.05) is 27.5 Å². The van der Waals surface area contributed by atoms with Crippen molar-refractivity contribution in [2.75, 3.05) is 17.2 Å². The molecule has 6 heteroatoms. The second-order valence-electron chi connectivity index (χ2n) is 4.57. The molecule has 1 heterocycles. The highest BCUT2D eigenvalue weighted by Gasteiger charge is 2.10. The maximum atomic E-state index is 12.3. The number of aryl methyl sites for hydroxylation is 1. The van der Waals surface area contributed by atoms with Crippen molar-refractivity contribution in [3.63, 3.8) is 0 Å². The molecule has 0 bridgehead atoms. The first-order chi connectivity index (χ1) is 9.97. The zero-order chi connectivity index (χ0) is 15.4. The van der Waals surface area contributed by atoms with Crippen LogP contribution in [-0.2, 0) is 0 Å². The van der Waals surface area contributed by atoms with Gasteiger partial charge in [-0.3, -0.25) is 4.79 Å².